The van der Waals surface area contributed by atoms with Crippen LogP contribution in [0.4, 0.5) is 0 Å². The van der Waals surface area contributed by atoms with Crippen LogP contribution in [0.15, 0.2) is 4.99 Å². The van der Waals surface area contributed by atoms with E-state index >= 15 is 0 Å². The molecule has 128 valence electrons. The Morgan fingerprint density at radius 2 is 1.82 bits per heavy atom. The molecule has 1 aliphatic carbocycles. The van der Waals surface area contributed by atoms with Crippen LogP contribution in [-0.2, 0) is 0 Å². The van der Waals surface area contributed by atoms with E-state index in [1.165, 1.54) is 70.9 Å². The van der Waals surface area contributed by atoms with Crippen molar-refractivity contribution in [1.82, 2.24) is 15.5 Å². The summed E-state index contributed by atoms with van der Waals surface area (Å²) in [5.74, 6) is 2.77. The molecule has 2 fully saturated rings. The van der Waals surface area contributed by atoms with E-state index in [0.717, 1.165) is 30.9 Å². The average Bonchev–Trinajstić information content (AvgIpc) is 3.03. The molecule has 22 heavy (non-hydrogen) atoms. The molecule has 4 heteroatoms. The van der Waals surface area contributed by atoms with E-state index in [1.807, 2.05) is 7.05 Å². The minimum atomic E-state index is 0.764. The van der Waals surface area contributed by atoms with Gasteiger partial charge in [0.2, 0.25) is 0 Å². The highest BCUT2D eigenvalue weighted by atomic mass is 15.2. The van der Waals surface area contributed by atoms with Gasteiger partial charge in [0, 0.05) is 26.7 Å². The Morgan fingerprint density at radius 3 is 2.55 bits per heavy atom. The fourth-order valence-corrected chi connectivity index (χ4v) is 3.97. The van der Waals surface area contributed by atoms with E-state index in [-0.39, 0.29) is 0 Å². The third-order valence-electron chi connectivity index (χ3n) is 5.31. The molecule has 2 rings (SSSR count). The number of piperidine rings is 1. The zero-order valence-corrected chi connectivity index (χ0v) is 14.7. The van der Waals surface area contributed by atoms with Gasteiger partial charge in [-0.15, -0.1) is 0 Å². The maximum atomic E-state index is 4.35. The second-order valence-electron chi connectivity index (χ2n) is 7.30. The van der Waals surface area contributed by atoms with Gasteiger partial charge >= 0.3 is 0 Å². The van der Waals surface area contributed by atoms with E-state index < -0.39 is 0 Å². The first-order valence-electron chi connectivity index (χ1n) is 9.41. The molecule has 0 amide bonds. The Morgan fingerprint density at radius 1 is 1.05 bits per heavy atom. The van der Waals surface area contributed by atoms with Gasteiger partial charge < -0.3 is 15.5 Å². The first kappa shape index (κ1) is 17.6. The third-order valence-corrected chi connectivity index (χ3v) is 5.31. The van der Waals surface area contributed by atoms with Gasteiger partial charge in [-0.05, 0) is 44.7 Å². The van der Waals surface area contributed by atoms with Crippen LogP contribution in [0.2, 0.25) is 0 Å². The van der Waals surface area contributed by atoms with Gasteiger partial charge in [0.15, 0.2) is 5.96 Å². The van der Waals surface area contributed by atoms with Crippen molar-refractivity contribution in [3.05, 3.63) is 0 Å². The summed E-state index contributed by atoms with van der Waals surface area (Å²) in [6.07, 6.45) is 12.6. The molecule has 1 aliphatic heterocycles. The van der Waals surface area contributed by atoms with Crippen LogP contribution in [-0.4, -0.2) is 51.1 Å². The SMILES string of the molecule is CN=C(NCCCCC1CCCC1)NCC1CCCN(C)C1. The molecule has 2 aliphatic rings. The molecule has 2 N–H and O–H groups in total. The Balaban J connectivity index is 1.51. The number of hydrogen-bond donors (Lipinski definition) is 2. The Hall–Kier alpha value is -0.770. The molecule has 1 unspecified atom stereocenters. The molecule has 4 nitrogen and oxygen atoms in total. The average molecular weight is 309 g/mol. The molecular formula is C18H36N4. The van der Waals surface area contributed by atoms with E-state index in [1.54, 1.807) is 0 Å². The highest BCUT2D eigenvalue weighted by Gasteiger charge is 2.17. The van der Waals surface area contributed by atoms with Crippen LogP contribution in [0.25, 0.3) is 0 Å². The number of guanidine groups is 1. The fraction of sp³-hybridized carbons (Fsp3) is 0.944. The topological polar surface area (TPSA) is 39.7 Å². The molecular weight excluding hydrogens is 272 g/mol. The lowest BCUT2D eigenvalue weighted by Crippen LogP contribution is -2.43. The van der Waals surface area contributed by atoms with Gasteiger partial charge in [0.05, 0.1) is 0 Å². The van der Waals surface area contributed by atoms with Crippen molar-refractivity contribution in [2.24, 2.45) is 16.8 Å². The number of nitrogens with zero attached hydrogens (tertiary/aromatic N) is 2. The van der Waals surface area contributed by atoms with Gasteiger partial charge in [0.25, 0.3) is 0 Å². The number of unbranched alkanes of at least 4 members (excludes halogenated alkanes) is 1. The number of nitrogens with one attached hydrogen (secondary N) is 2. The van der Waals surface area contributed by atoms with Gasteiger partial charge in [-0.2, -0.15) is 0 Å². The van der Waals surface area contributed by atoms with Crippen molar-refractivity contribution in [1.29, 1.82) is 0 Å². The molecule has 1 saturated carbocycles. The van der Waals surface area contributed by atoms with Crippen LogP contribution >= 0.6 is 0 Å². The van der Waals surface area contributed by atoms with Crippen molar-refractivity contribution in [2.75, 3.05) is 40.3 Å². The van der Waals surface area contributed by atoms with Gasteiger partial charge in [-0.3, -0.25) is 4.99 Å². The second-order valence-corrected chi connectivity index (χ2v) is 7.30. The normalized spacial score (nSPS) is 24.6. The lowest BCUT2D eigenvalue weighted by atomic mass is 9.99. The van der Waals surface area contributed by atoms with Crippen LogP contribution < -0.4 is 10.6 Å². The molecule has 1 saturated heterocycles. The zero-order chi connectivity index (χ0) is 15.6. The fourth-order valence-electron chi connectivity index (χ4n) is 3.97. The molecule has 0 aromatic carbocycles. The van der Waals surface area contributed by atoms with Gasteiger partial charge in [0.1, 0.15) is 0 Å². The number of likely N-dealkylation sites (tertiary alicyclic amines) is 1. The summed E-state index contributed by atoms with van der Waals surface area (Å²) in [7, 11) is 4.10. The van der Waals surface area contributed by atoms with Gasteiger partial charge in [-0.1, -0.05) is 38.5 Å². The quantitative estimate of drug-likeness (QED) is 0.431. The molecule has 0 spiro atoms. The Labute approximate surface area is 137 Å². The van der Waals surface area contributed by atoms with E-state index in [2.05, 4.69) is 27.6 Å². The maximum Gasteiger partial charge on any atom is 0.190 e. The van der Waals surface area contributed by atoms with Crippen molar-refractivity contribution in [3.8, 4) is 0 Å². The van der Waals surface area contributed by atoms with Crippen molar-refractivity contribution < 1.29 is 0 Å². The molecule has 1 atom stereocenters. The summed E-state index contributed by atoms with van der Waals surface area (Å²) in [5, 5.41) is 6.97. The second kappa shape index (κ2) is 10.1. The third kappa shape index (κ3) is 6.55. The summed E-state index contributed by atoms with van der Waals surface area (Å²) in [4.78, 5) is 6.79. The summed E-state index contributed by atoms with van der Waals surface area (Å²) < 4.78 is 0. The zero-order valence-electron chi connectivity index (χ0n) is 14.7. The van der Waals surface area contributed by atoms with Crippen molar-refractivity contribution in [3.63, 3.8) is 0 Å². The highest BCUT2D eigenvalue weighted by Crippen LogP contribution is 2.28. The van der Waals surface area contributed by atoms with Crippen LogP contribution in [0.5, 0.6) is 0 Å². The largest absolute Gasteiger partial charge is 0.356 e. The Bertz CT molecular complexity index is 323. The summed E-state index contributed by atoms with van der Waals surface area (Å²) in [6.45, 7) is 4.57. The van der Waals surface area contributed by atoms with Crippen LogP contribution in [0.3, 0.4) is 0 Å². The Kier molecular flexibility index (Phi) is 8.06. The molecule has 0 radical (unpaired) electrons. The molecule has 1 heterocycles. The first-order valence-corrected chi connectivity index (χ1v) is 9.41. The monoisotopic (exact) mass is 308 g/mol. The summed E-state index contributed by atoms with van der Waals surface area (Å²) in [5.41, 5.74) is 0. The highest BCUT2D eigenvalue weighted by molar-refractivity contribution is 5.79. The minimum Gasteiger partial charge on any atom is -0.356 e. The van der Waals surface area contributed by atoms with Crippen molar-refractivity contribution in [2.45, 2.75) is 57.8 Å². The summed E-state index contributed by atoms with van der Waals surface area (Å²) >= 11 is 0. The predicted molar refractivity (Wildman–Crippen MR) is 95.4 cm³/mol. The smallest absolute Gasteiger partial charge is 0.190 e. The lowest BCUT2D eigenvalue weighted by molar-refractivity contribution is 0.210. The lowest BCUT2D eigenvalue weighted by Gasteiger charge is -2.30. The summed E-state index contributed by atoms with van der Waals surface area (Å²) in [6, 6.07) is 0. The molecule has 0 aromatic rings. The molecule has 0 aromatic heterocycles. The first-order chi connectivity index (χ1) is 10.8. The minimum absolute atomic E-state index is 0.764. The van der Waals surface area contributed by atoms with E-state index in [9.17, 15) is 0 Å². The van der Waals surface area contributed by atoms with Crippen LogP contribution in [0, 0.1) is 11.8 Å². The number of rotatable bonds is 7. The number of aliphatic imine (C=N–C) groups is 1. The van der Waals surface area contributed by atoms with Crippen molar-refractivity contribution >= 4 is 5.96 Å². The van der Waals surface area contributed by atoms with Gasteiger partial charge in [-0.25, -0.2) is 0 Å². The number of hydrogen-bond acceptors (Lipinski definition) is 2. The predicted octanol–water partition coefficient (Wildman–Crippen LogP) is 2.85. The maximum absolute atomic E-state index is 4.35. The van der Waals surface area contributed by atoms with E-state index in [4.69, 9.17) is 0 Å². The van der Waals surface area contributed by atoms with Crippen LogP contribution in [0.1, 0.15) is 57.8 Å². The standard InChI is InChI=1S/C18H36N4/c1-19-18(21-14-17-11-7-13-22(2)15-17)20-12-6-5-10-16-8-3-4-9-16/h16-17H,3-15H2,1-2H3,(H2,19,20,21). The molecule has 0 bridgehead atoms. The van der Waals surface area contributed by atoms with E-state index in [0.29, 0.717) is 0 Å².